The highest BCUT2D eigenvalue weighted by atomic mass is 19.4. The highest BCUT2D eigenvalue weighted by Crippen LogP contribution is 2.36. The van der Waals surface area contributed by atoms with Crippen LogP contribution in [0.2, 0.25) is 0 Å². The van der Waals surface area contributed by atoms with Crippen molar-refractivity contribution in [3.63, 3.8) is 0 Å². The molecule has 5 rings (SSSR count). The van der Waals surface area contributed by atoms with Crippen molar-refractivity contribution in [2.24, 2.45) is 11.8 Å². The Morgan fingerprint density at radius 2 is 1.68 bits per heavy atom. The van der Waals surface area contributed by atoms with E-state index in [1.807, 2.05) is 0 Å². The van der Waals surface area contributed by atoms with E-state index in [9.17, 15) is 22.8 Å². The van der Waals surface area contributed by atoms with Crippen molar-refractivity contribution in [3.05, 3.63) is 35.3 Å². The summed E-state index contributed by atoms with van der Waals surface area (Å²) in [6, 6.07) is 3.35. The van der Waals surface area contributed by atoms with E-state index in [1.165, 1.54) is 25.5 Å². The van der Waals surface area contributed by atoms with Crippen molar-refractivity contribution >= 4 is 23.4 Å². The van der Waals surface area contributed by atoms with Crippen molar-refractivity contribution in [2.75, 3.05) is 36.0 Å². The number of oxazole rings is 1. The number of aromatic nitrogens is 2. The SMILES string of the molecule is O=C(Cc1ccc(N2CCC(C(=O)CC3CCC3)CC2)nc1)c1oc(N2CCCCC2)nc1C(F)(F)F. The van der Waals surface area contributed by atoms with Gasteiger partial charge in [-0.3, -0.25) is 9.59 Å². The van der Waals surface area contributed by atoms with Crippen molar-refractivity contribution in [3.8, 4) is 0 Å². The first-order valence-electron chi connectivity index (χ1n) is 13.4. The number of halogens is 3. The van der Waals surface area contributed by atoms with Crippen LogP contribution >= 0.6 is 0 Å². The van der Waals surface area contributed by atoms with Gasteiger partial charge in [0.15, 0.2) is 5.69 Å². The van der Waals surface area contributed by atoms with Crippen LogP contribution in [0.3, 0.4) is 0 Å². The minimum absolute atomic E-state index is 0.119. The lowest BCUT2D eigenvalue weighted by Crippen LogP contribution is -2.37. The quantitative estimate of drug-likeness (QED) is 0.428. The van der Waals surface area contributed by atoms with Crippen LogP contribution in [0.5, 0.6) is 0 Å². The van der Waals surface area contributed by atoms with Crippen molar-refractivity contribution in [2.45, 2.75) is 70.4 Å². The standard InChI is InChI=1S/C27H33F3N4O3/c28-27(29,30)25-24(37-26(32-25)34-11-2-1-3-12-34)22(36)16-19-7-8-23(31-17-19)33-13-9-20(10-14-33)21(35)15-18-5-4-6-18/h7-8,17-18,20H,1-6,9-16H2. The lowest BCUT2D eigenvalue weighted by atomic mass is 9.78. The first-order valence-corrected chi connectivity index (χ1v) is 13.4. The molecular formula is C27H33F3N4O3. The molecule has 0 N–H and O–H groups in total. The van der Waals surface area contributed by atoms with Crippen LogP contribution in [-0.2, 0) is 17.4 Å². The predicted molar refractivity (Wildman–Crippen MR) is 132 cm³/mol. The lowest BCUT2D eigenvalue weighted by molar-refractivity contribution is -0.141. The summed E-state index contributed by atoms with van der Waals surface area (Å²) in [6.07, 6.45) is 5.10. The molecule has 10 heteroatoms. The number of Topliss-reactive ketones (excluding diaryl/α,β-unsaturated/α-hetero) is 2. The van der Waals surface area contributed by atoms with E-state index in [0.717, 1.165) is 51.0 Å². The van der Waals surface area contributed by atoms with Gasteiger partial charge in [-0.15, -0.1) is 0 Å². The monoisotopic (exact) mass is 518 g/mol. The third-order valence-electron chi connectivity index (χ3n) is 7.93. The van der Waals surface area contributed by atoms with Gasteiger partial charge >= 0.3 is 6.18 Å². The number of alkyl halides is 3. The topological polar surface area (TPSA) is 79.5 Å². The molecule has 3 aliphatic rings. The molecule has 0 amide bonds. The van der Waals surface area contributed by atoms with Gasteiger partial charge in [0, 0.05) is 51.1 Å². The highest BCUT2D eigenvalue weighted by Gasteiger charge is 2.42. The van der Waals surface area contributed by atoms with Gasteiger partial charge in [0.05, 0.1) is 0 Å². The average molecular weight is 519 g/mol. The molecule has 0 spiro atoms. The fourth-order valence-corrected chi connectivity index (χ4v) is 5.46. The van der Waals surface area contributed by atoms with Gasteiger partial charge in [-0.25, -0.2) is 4.98 Å². The van der Waals surface area contributed by atoms with E-state index < -0.39 is 23.4 Å². The Morgan fingerprint density at radius 1 is 0.946 bits per heavy atom. The van der Waals surface area contributed by atoms with E-state index in [2.05, 4.69) is 14.9 Å². The molecule has 4 heterocycles. The van der Waals surface area contributed by atoms with Crippen LogP contribution in [0.4, 0.5) is 25.0 Å². The summed E-state index contributed by atoms with van der Waals surface area (Å²) >= 11 is 0. The number of hydrogen-bond donors (Lipinski definition) is 0. The van der Waals surface area contributed by atoms with Crippen LogP contribution in [-0.4, -0.2) is 47.7 Å². The molecule has 2 aliphatic heterocycles. The molecule has 2 aromatic rings. The van der Waals surface area contributed by atoms with Crippen molar-refractivity contribution in [1.29, 1.82) is 0 Å². The van der Waals surface area contributed by atoms with Gasteiger partial charge in [0.25, 0.3) is 6.01 Å². The van der Waals surface area contributed by atoms with E-state index in [-0.39, 0.29) is 18.4 Å². The smallest absolute Gasteiger partial charge is 0.420 e. The Morgan fingerprint density at radius 3 is 2.27 bits per heavy atom. The summed E-state index contributed by atoms with van der Waals surface area (Å²) in [5.74, 6) is 0.315. The molecule has 1 aliphatic carbocycles. The fourth-order valence-electron chi connectivity index (χ4n) is 5.46. The second-order valence-electron chi connectivity index (χ2n) is 10.6. The Labute approximate surface area is 214 Å². The first kappa shape index (κ1) is 25.7. The molecule has 0 unspecified atom stereocenters. The van der Waals surface area contributed by atoms with Crippen LogP contribution in [0, 0.1) is 11.8 Å². The number of piperidine rings is 2. The van der Waals surface area contributed by atoms with Gasteiger partial charge < -0.3 is 14.2 Å². The molecule has 3 fully saturated rings. The fraction of sp³-hybridized carbons (Fsp3) is 0.630. The number of anilines is 2. The largest absolute Gasteiger partial charge is 0.437 e. The van der Waals surface area contributed by atoms with Gasteiger partial charge in [-0.2, -0.15) is 18.2 Å². The summed E-state index contributed by atoms with van der Waals surface area (Å²) in [5, 5.41) is 0. The minimum Gasteiger partial charge on any atom is -0.420 e. The number of rotatable bonds is 8. The number of carbonyl (C=O) groups is 2. The van der Waals surface area contributed by atoms with Crippen LogP contribution in [0.15, 0.2) is 22.7 Å². The molecule has 2 aromatic heterocycles. The third kappa shape index (κ3) is 5.99. The number of ketones is 2. The number of carbonyl (C=O) groups excluding carboxylic acids is 2. The molecule has 0 atom stereocenters. The number of nitrogens with zero attached hydrogens (tertiary/aromatic N) is 4. The molecule has 0 radical (unpaired) electrons. The Kier molecular flexibility index (Phi) is 7.53. The molecule has 0 bridgehead atoms. The van der Waals surface area contributed by atoms with E-state index in [1.54, 1.807) is 17.0 Å². The molecule has 2 saturated heterocycles. The maximum Gasteiger partial charge on any atom is 0.437 e. The summed E-state index contributed by atoms with van der Waals surface area (Å²) < 4.78 is 46.2. The third-order valence-corrected chi connectivity index (χ3v) is 7.93. The maximum absolute atomic E-state index is 13.6. The van der Waals surface area contributed by atoms with Crippen LogP contribution in [0.1, 0.15) is 79.6 Å². The first-order chi connectivity index (χ1) is 17.8. The van der Waals surface area contributed by atoms with E-state index >= 15 is 0 Å². The molecule has 1 saturated carbocycles. The van der Waals surface area contributed by atoms with Crippen molar-refractivity contribution < 1.29 is 27.2 Å². The van der Waals surface area contributed by atoms with E-state index in [4.69, 9.17) is 4.42 Å². The van der Waals surface area contributed by atoms with Gasteiger partial charge in [-0.05, 0) is 49.7 Å². The van der Waals surface area contributed by atoms with Gasteiger partial charge in [0.2, 0.25) is 11.5 Å². The Balaban J connectivity index is 1.20. The average Bonchev–Trinajstić information content (AvgIpc) is 3.34. The Hall–Kier alpha value is -2.91. The van der Waals surface area contributed by atoms with Crippen molar-refractivity contribution in [1.82, 2.24) is 9.97 Å². The zero-order valence-electron chi connectivity index (χ0n) is 20.9. The molecule has 0 aromatic carbocycles. The van der Waals surface area contributed by atoms with E-state index in [0.29, 0.717) is 36.8 Å². The van der Waals surface area contributed by atoms with Crippen LogP contribution in [0.25, 0.3) is 0 Å². The molecule has 200 valence electrons. The zero-order valence-corrected chi connectivity index (χ0v) is 20.9. The predicted octanol–water partition coefficient (Wildman–Crippen LogP) is 5.48. The van der Waals surface area contributed by atoms with Crippen LogP contribution < -0.4 is 9.80 Å². The molecule has 37 heavy (non-hydrogen) atoms. The second kappa shape index (κ2) is 10.8. The minimum atomic E-state index is -4.78. The summed E-state index contributed by atoms with van der Waals surface area (Å²) in [6.45, 7) is 2.59. The number of hydrogen-bond acceptors (Lipinski definition) is 7. The van der Waals surface area contributed by atoms with Gasteiger partial charge in [0.1, 0.15) is 11.6 Å². The lowest BCUT2D eigenvalue weighted by Gasteiger charge is -2.33. The molecule has 7 nitrogen and oxygen atoms in total. The van der Waals surface area contributed by atoms with Gasteiger partial charge in [-0.1, -0.05) is 25.3 Å². The normalized spacial score (nSPS) is 19.6. The molecular weight excluding hydrogens is 485 g/mol. The number of pyridine rings is 1. The summed E-state index contributed by atoms with van der Waals surface area (Å²) in [5.41, 5.74) is -0.763. The summed E-state index contributed by atoms with van der Waals surface area (Å²) in [7, 11) is 0. The summed E-state index contributed by atoms with van der Waals surface area (Å²) in [4.78, 5) is 37.3. The highest BCUT2D eigenvalue weighted by molar-refractivity contribution is 5.96. The maximum atomic E-state index is 13.6. The zero-order chi connectivity index (χ0) is 26.0. The Bertz CT molecular complexity index is 1100. The second-order valence-corrected chi connectivity index (χ2v) is 10.6.